The molecule has 0 bridgehead atoms. The number of fused-ring (bicyclic) bond motifs is 1. The summed E-state index contributed by atoms with van der Waals surface area (Å²) in [5, 5.41) is 9.14. The Labute approximate surface area is 186 Å². The van der Waals surface area contributed by atoms with E-state index in [4.69, 9.17) is 9.84 Å². The molecule has 0 saturated carbocycles. The Morgan fingerprint density at radius 1 is 1.17 bits per heavy atom. The minimum Gasteiger partial charge on any atom is -0.493 e. The van der Waals surface area contributed by atoms with E-state index in [-0.39, 0.29) is 30.3 Å². The van der Waals surface area contributed by atoms with Gasteiger partial charge in [-0.15, -0.1) is 12.4 Å². The van der Waals surface area contributed by atoms with E-state index in [1.54, 1.807) is 0 Å². The predicted octanol–water partition coefficient (Wildman–Crippen LogP) is 5.24. The average Bonchev–Trinajstić information content (AvgIpc) is 2.65. The lowest BCUT2D eigenvalue weighted by Gasteiger charge is -2.36. The molecule has 4 nitrogen and oxygen atoms in total. The summed E-state index contributed by atoms with van der Waals surface area (Å²) < 4.78 is 6.04. The smallest absolute Gasteiger partial charge is 0.317 e. The zero-order valence-electron chi connectivity index (χ0n) is 18.4. The van der Waals surface area contributed by atoms with Crippen molar-refractivity contribution >= 4 is 18.4 Å². The molecule has 1 N–H and O–H groups in total. The highest BCUT2D eigenvalue weighted by molar-refractivity contribution is 5.85. The number of likely N-dealkylation sites (N-methyl/N-ethyl adjacent to an activating group) is 1. The summed E-state index contributed by atoms with van der Waals surface area (Å²) in [4.78, 5) is 13.0. The predicted molar refractivity (Wildman–Crippen MR) is 124 cm³/mol. The number of hydrogen-bond acceptors (Lipinski definition) is 3. The maximum absolute atomic E-state index is 11.1. The van der Waals surface area contributed by atoms with Crippen LogP contribution < -0.4 is 4.74 Å². The zero-order chi connectivity index (χ0) is 21.0. The van der Waals surface area contributed by atoms with Gasteiger partial charge in [0.05, 0.1) is 13.2 Å². The van der Waals surface area contributed by atoms with Crippen LogP contribution in [-0.2, 0) is 11.2 Å². The number of carbonyl (C=O) groups is 1. The molecule has 164 valence electrons. The molecule has 0 unspecified atom stereocenters. The molecule has 0 aliphatic heterocycles. The minimum absolute atomic E-state index is 0. The van der Waals surface area contributed by atoms with Crippen LogP contribution in [0, 0.1) is 11.3 Å². The number of carboxylic acids is 1. The highest BCUT2D eigenvalue weighted by Crippen LogP contribution is 2.42. The number of rotatable bonds is 7. The van der Waals surface area contributed by atoms with Crippen molar-refractivity contribution in [3.8, 4) is 5.75 Å². The van der Waals surface area contributed by atoms with E-state index >= 15 is 0 Å². The van der Waals surface area contributed by atoms with Crippen LogP contribution in [0.2, 0.25) is 0 Å². The van der Waals surface area contributed by atoms with E-state index < -0.39 is 5.97 Å². The van der Waals surface area contributed by atoms with Gasteiger partial charge in [-0.25, -0.2) is 0 Å². The van der Waals surface area contributed by atoms with E-state index in [1.165, 1.54) is 16.7 Å². The van der Waals surface area contributed by atoms with Crippen LogP contribution >= 0.6 is 12.4 Å². The molecule has 2 aromatic rings. The molecule has 0 aromatic heterocycles. The molecule has 30 heavy (non-hydrogen) atoms. The summed E-state index contributed by atoms with van der Waals surface area (Å²) in [6.07, 6.45) is 2.04. The first-order valence-corrected chi connectivity index (χ1v) is 10.4. The van der Waals surface area contributed by atoms with Crippen LogP contribution in [0.3, 0.4) is 0 Å². The molecule has 0 amide bonds. The van der Waals surface area contributed by atoms with Gasteiger partial charge in [0, 0.05) is 12.5 Å². The second-order valence-electron chi connectivity index (χ2n) is 9.49. The number of nitrogens with zero attached hydrogens (tertiary/aromatic N) is 1. The highest BCUT2D eigenvalue weighted by atomic mass is 35.5. The zero-order valence-corrected chi connectivity index (χ0v) is 19.2. The van der Waals surface area contributed by atoms with Crippen LogP contribution in [-0.4, -0.2) is 42.7 Å². The second kappa shape index (κ2) is 10.3. The van der Waals surface area contributed by atoms with Crippen molar-refractivity contribution in [3.05, 3.63) is 65.2 Å². The highest BCUT2D eigenvalue weighted by Gasteiger charge is 2.32. The monoisotopic (exact) mass is 431 g/mol. The Morgan fingerprint density at radius 3 is 2.50 bits per heavy atom. The topological polar surface area (TPSA) is 49.8 Å². The third-order valence-electron chi connectivity index (χ3n) is 5.49. The van der Waals surface area contributed by atoms with Gasteiger partial charge in [-0.3, -0.25) is 9.69 Å². The lowest BCUT2D eigenvalue weighted by molar-refractivity contribution is -0.138. The van der Waals surface area contributed by atoms with Crippen LogP contribution in [0.4, 0.5) is 0 Å². The van der Waals surface area contributed by atoms with Gasteiger partial charge in [-0.1, -0.05) is 57.2 Å². The van der Waals surface area contributed by atoms with Crippen molar-refractivity contribution < 1.29 is 14.6 Å². The van der Waals surface area contributed by atoms with Gasteiger partial charge in [0.1, 0.15) is 5.75 Å². The second-order valence-corrected chi connectivity index (χ2v) is 9.49. The number of ether oxygens (including phenoxy) is 1. The molecular weight excluding hydrogens is 398 g/mol. The normalized spacial score (nSPS) is 18.4. The fourth-order valence-electron chi connectivity index (χ4n) is 4.26. The summed E-state index contributed by atoms with van der Waals surface area (Å²) >= 11 is 0. The van der Waals surface area contributed by atoms with Gasteiger partial charge in [0.15, 0.2) is 0 Å². The molecule has 0 saturated heterocycles. The Kier molecular flexibility index (Phi) is 8.34. The quantitative estimate of drug-likeness (QED) is 0.650. The van der Waals surface area contributed by atoms with E-state index in [9.17, 15) is 4.79 Å². The number of hydrogen-bond donors (Lipinski definition) is 1. The van der Waals surface area contributed by atoms with Crippen molar-refractivity contribution in [2.75, 3.05) is 26.7 Å². The molecule has 3 rings (SSSR count). The fourth-order valence-corrected chi connectivity index (χ4v) is 4.26. The van der Waals surface area contributed by atoms with Gasteiger partial charge < -0.3 is 9.84 Å². The minimum atomic E-state index is -0.777. The number of aliphatic carboxylic acids is 1. The van der Waals surface area contributed by atoms with Crippen LogP contribution in [0.1, 0.15) is 49.8 Å². The lowest BCUT2D eigenvalue weighted by Crippen LogP contribution is -2.35. The van der Waals surface area contributed by atoms with E-state index in [1.807, 2.05) is 18.0 Å². The largest absolute Gasteiger partial charge is 0.493 e. The van der Waals surface area contributed by atoms with Crippen molar-refractivity contribution in [1.82, 2.24) is 4.90 Å². The average molecular weight is 432 g/mol. The van der Waals surface area contributed by atoms with Crippen LogP contribution in [0.5, 0.6) is 5.75 Å². The molecule has 0 radical (unpaired) electrons. The summed E-state index contributed by atoms with van der Waals surface area (Å²) in [5.41, 5.74) is 4.12. The van der Waals surface area contributed by atoms with Crippen molar-refractivity contribution in [2.45, 2.75) is 39.5 Å². The number of aryl methyl sites for hydroxylation is 1. The lowest BCUT2D eigenvalue weighted by atomic mass is 9.71. The summed E-state index contributed by atoms with van der Waals surface area (Å²) in [7, 11) is 1.90. The SMILES string of the molecule is CN(CC(=O)O)C[C@H]1CCc2cc(OCC(C)(C)C)ccc2[C@H]1c1ccccc1.Cl. The number of benzene rings is 2. The molecule has 2 aromatic carbocycles. The van der Waals surface area contributed by atoms with Crippen molar-refractivity contribution in [1.29, 1.82) is 0 Å². The molecule has 0 spiro atoms. The van der Waals surface area contributed by atoms with E-state index in [2.05, 4.69) is 63.2 Å². The standard InChI is InChI=1S/C25H33NO3.ClH/c1-25(2,3)17-29-21-12-13-22-19(14-21)10-11-20(15-26(4)16-23(27)28)24(22)18-8-6-5-7-9-18;/h5-9,12-14,20,24H,10-11,15-17H2,1-4H3,(H,27,28);1H/t20-,24+;/m1./s1. The van der Waals surface area contributed by atoms with Gasteiger partial charge >= 0.3 is 5.97 Å². The molecule has 0 fully saturated rings. The fraction of sp³-hybridized carbons (Fsp3) is 0.480. The summed E-state index contributed by atoms with van der Waals surface area (Å²) in [6.45, 7) is 8.06. The molecule has 2 atom stereocenters. The first-order chi connectivity index (χ1) is 13.7. The van der Waals surface area contributed by atoms with E-state index in [0.717, 1.165) is 25.1 Å². The van der Waals surface area contributed by atoms with Crippen LogP contribution in [0.15, 0.2) is 48.5 Å². The van der Waals surface area contributed by atoms with Gasteiger partial charge in [0.2, 0.25) is 0 Å². The summed E-state index contributed by atoms with van der Waals surface area (Å²) in [6, 6.07) is 17.1. The Morgan fingerprint density at radius 2 is 1.87 bits per heavy atom. The van der Waals surface area contributed by atoms with Gasteiger partial charge in [-0.05, 0) is 60.0 Å². The maximum atomic E-state index is 11.1. The Balaban J connectivity index is 0.00000320. The summed E-state index contributed by atoms with van der Waals surface area (Å²) in [5.74, 6) is 0.816. The first-order valence-electron chi connectivity index (χ1n) is 10.4. The van der Waals surface area contributed by atoms with Crippen molar-refractivity contribution in [3.63, 3.8) is 0 Å². The third kappa shape index (κ3) is 6.48. The molecular formula is C25H34ClNO3. The first kappa shape index (κ1) is 24.2. The number of halogens is 1. The van der Waals surface area contributed by atoms with Gasteiger partial charge in [0.25, 0.3) is 0 Å². The third-order valence-corrected chi connectivity index (χ3v) is 5.49. The Hall–Kier alpha value is -2.04. The molecule has 1 aliphatic carbocycles. The maximum Gasteiger partial charge on any atom is 0.317 e. The van der Waals surface area contributed by atoms with E-state index in [0.29, 0.717) is 12.5 Å². The number of carboxylic acid groups (broad SMARTS) is 1. The van der Waals surface area contributed by atoms with Crippen LogP contribution in [0.25, 0.3) is 0 Å². The Bertz CT molecular complexity index is 832. The molecule has 5 heteroatoms. The molecule has 1 aliphatic rings. The van der Waals surface area contributed by atoms with Crippen molar-refractivity contribution in [2.24, 2.45) is 11.3 Å². The molecule has 0 heterocycles. The van der Waals surface area contributed by atoms with Gasteiger partial charge in [-0.2, -0.15) is 0 Å².